The monoisotopic (exact) mass is 329 g/mol. The molecule has 0 saturated heterocycles. The van der Waals surface area contributed by atoms with Crippen LogP contribution in [0.15, 0.2) is 41.4 Å². The van der Waals surface area contributed by atoms with Crippen molar-refractivity contribution in [1.82, 2.24) is 19.6 Å². The smallest absolute Gasteiger partial charge is 0.231 e. The summed E-state index contributed by atoms with van der Waals surface area (Å²) in [7, 11) is 0. The van der Waals surface area contributed by atoms with Gasteiger partial charge in [0.1, 0.15) is 0 Å². The predicted molar refractivity (Wildman–Crippen MR) is 87.3 cm³/mol. The van der Waals surface area contributed by atoms with E-state index < -0.39 is 0 Å². The van der Waals surface area contributed by atoms with Gasteiger partial charge in [0.25, 0.3) is 0 Å². The van der Waals surface area contributed by atoms with E-state index in [9.17, 15) is 4.79 Å². The Morgan fingerprint density at radius 2 is 2.32 bits per heavy atom. The molecule has 2 N–H and O–H groups in total. The minimum atomic E-state index is -0.130. The summed E-state index contributed by atoms with van der Waals surface area (Å²) in [6, 6.07) is 5.81. The number of aromatic amines is 1. The van der Waals surface area contributed by atoms with E-state index in [-0.39, 0.29) is 12.3 Å². The maximum atomic E-state index is 12.1. The summed E-state index contributed by atoms with van der Waals surface area (Å²) in [4.78, 5) is 18.4. The van der Waals surface area contributed by atoms with Gasteiger partial charge in [-0.25, -0.2) is 4.98 Å². The molecule has 0 aliphatic rings. The fourth-order valence-electron chi connectivity index (χ4n) is 2.16. The van der Waals surface area contributed by atoms with Crippen LogP contribution >= 0.6 is 22.7 Å². The molecule has 0 fully saturated rings. The maximum absolute atomic E-state index is 12.1. The van der Waals surface area contributed by atoms with Crippen molar-refractivity contribution < 1.29 is 4.79 Å². The number of thiophene rings is 1. The van der Waals surface area contributed by atoms with E-state index in [1.165, 1.54) is 0 Å². The Bertz CT molecular complexity index is 890. The Labute approximate surface area is 133 Å². The first-order valence-electron chi connectivity index (χ1n) is 6.58. The van der Waals surface area contributed by atoms with Crippen molar-refractivity contribution in [2.24, 2.45) is 0 Å². The average molecular weight is 329 g/mol. The van der Waals surface area contributed by atoms with E-state index in [1.54, 1.807) is 22.7 Å². The third-order valence-electron chi connectivity index (χ3n) is 3.12. The van der Waals surface area contributed by atoms with Crippen molar-refractivity contribution in [3.8, 4) is 10.6 Å². The van der Waals surface area contributed by atoms with E-state index in [0.29, 0.717) is 5.82 Å². The van der Waals surface area contributed by atoms with Crippen LogP contribution in [0.4, 0.5) is 5.82 Å². The molecule has 4 rings (SSSR count). The second-order valence-corrected chi connectivity index (χ2v) is 6.51. The van der Waals surface area contributed by atoms with Gasteiger partial charge in [0.2, 0.25) is 5.91 Å². The number of carbonyl (C=O) groups excluding carboxylic acids is 1. The molecule has 0 saturated carbocycles. The molecule has 0 aliphatic carbocycles. The van der Waals surface area contributed by atoms with Crippen molar-refractivity contribution in [3.05, 3.63) is 47.0 Å². The molecular weight excluding hydrogens is 318 g/mol. The van der Waals surface area contributed by atoms with Crippen molar-refractivity contribution in [2.75, 3.05) is 5.32 Å². The molecule has 0 bridgehead atoms. The summed E-state index contributed by atoms with van der Waals surface area (Å²) in [6.07, 6.45) is 4.03. The Morgan fingerprint density at radius 1 is 1.36 bits per heavy atom. The Morgan fingerprint density at radius 3 is 3.14 bits per heavy atom. The molecule has 8 heteroatoms. The van der Waals surface area contributed by atoms with Gasteiger partial charge in [-0.3, -0.25) is 14.3 Å². The zero-order valence-electron chi connectivity index (χ0n) is 11.3. The second kappa shape index (κ2) is 5.39. The third kappa shape index (κ3) is 2.53. The van der Waals surface area contributed by atoms with Crippen LogP contribution in [-0.4, -0.2) is 25.5 Å². The van der Waals surface area contributed by atoms with Crippen molar-refractivity contribution in [1.29, 1.82) is 0 Å². The number of nitrogens with zero attached hydrogens (tertiary/aromatic N) is 3. The maximum Gasteiger partial charge on any atom is 0.231 e. The number of hydrogen-bond acceptors (Lipinski definition) is 5. The number of carbonyl (C=O) groups is 1. The van der Waals surface area contributed by atoms with Gasteiger partial charge in [0.15, 0.2) is 10.8 Å². The molecule has 110 valence electrons. The molecule has 0 radical (unpaired) electrons. The highest BCUT2D eigenvalue weighted by Crippen LogP contribution is 2.24. The standard InChI is InChI=1S/C14H11N5OS2/c20-13(6-9-8-19-3-5-22-14(19)15-9)16-12-7-10(17-18-12)11-2-1-4-21-11/h1-5,7-8H,6H2,(H2,16,17,18,20). The highest BCUT2D eigenvalue weighted by Gasteiger charge is 2.11. The van der Waals surface area contributed by atoms with Crippen LogP contribution in [0.3, 0.4) is 0 Å². The number of aromatic nitrogens is 4. The van der Waals surface area contributed by atoms with Crippen LogP contribution in [0.1, 0.15) is 5.69 Å². The van der Waals surface area contributed by atoms with E-state index >= 15 is 0 Å². The number of anilines is 1. The molecule has 6 nitrogen and oxygen atoms in total. The lowest BCUT2D eigenvalue weighted by molar-refractivity contribution is -0.115. The number of thiazole rings is 1. The molecule has 0 atom stereocenters. The van der Waals surface area contributed by atoms with Gasteiger partial charge in [-0.2, -0.15) is 5.10 Å². The van der Waals surface area contributed by atoms with E-state index in [2.05, 4.69) is 20.5 Å². The molecule has 1 amide bonds. The highest BCUT2D eigenvalue weighted by molar-refractivity contribution is 7.15. The number of fused-ring (bicyclic) bond motifs is 1. The van der Waals surface area contributed by atoms with Gasteiger partial charge in [0, 0.05) is 23.8 Å². The lowest BCUT2D eigenvalue weighted by atomic mass is 10.3. The lowest BCUT2D eigenvalue weighted by Crippen LogP contribution is -2.14. The summed E-state index contributed by atoms with van der Waals surface area (Å²) in [5.74, 6) is 0.393. The van der Waals surface area contributed by atoms with Crippen LogP contribution in [0.25, 0.3) is 15.5 Å². The van der Waals surface area contributed by atoms with Gasteiger partial charge in [-0.1, -0.05) is 6.07 Å². The highest BCUT2D eigenvalue weighted by atomic mass is 32.1. The van der Waals surface area contributed by atoms with Gasteiger partial charge >= 0.3 is 0 Å². The summed E-state index contributed by atoms with van der Waals surface area (Å²) < 4.78 is 1.91. The van der Waals surface area contributed by atoms with E-state index in [1.807, 2.05) is 45.8 Å². The number of hydrogen-bond donors (Lipinski definition) is 2. The van der Waals surface area contributed by atoms with Crippen molar-refractivity contribution in [2.45, 2.75) is 6.42 Å². The largest absolute Gasteiger partial charge is 0.309 e. The first-order valence-corrected chi connectivity index (χ1v) is 8.34. The quantitative estimate of drug-likeness (QED) is 0.604. The van der Waals surface area contributed by atoms with Crippen LogP contribution in [0.2, 0.25) is 0 Å². The fraction of sp³-hybridized carbons (Fsp3) is 0.0714. The molecule has 0 aliphatic heterocycles. The summed E-state index contributed by atoms with van der Waals surface area (Å²) in [5, 5.41) is 13.8. The van der Waals surface area contributed by atoms with Crippen LogP contribution < -0.4 is 5.32 Å². The van der Waals surface area contributed by atoms with Crippen LogP contribution in [0.5, 0.6) is 0 Å². The van der Waals surface area contributed by atoms with Gasteiger partial charge in [-0.05, 0) is 11.4 Å². The van der Waals surface area contributed by atoms with E-state index in [4.69, 9.17) is 0 Å². The molecule has 0 aromatic carbocycles. The molecule has 4 aromatic heterocycles. The zero-order chi connectivity index (χ0) is 14.9. The molecule has 4 aromatic rings. The molecule has 0 unspecified atom stereocenters. The molecule has 4 heterocycles. The van der Waals surface area contributed by atoms with E-state index in [0.717, 1.165) is 21.2 Å². The number of imidazole rings is 1. The summed E-state index contributed by atoms with van der Waals surface area (Å²) in [5.41, 5.74) is 1.64. The first kappa shape index (κ1) is 13.2. The SMILES string of the molecule is O=C(Cc1cn2ccsc2n1)Nc1cc(-c2cccs2)[nH]n1. The fourth-order valence-corrected chi connectivity index (χ4v) is 3.57. The summed E-state index contributed by atoms with van der Waals surface area (Å²) in [6.45, 7) is 0. The van der Waals surface area contributed by atoms with Crippen molar-refractivity contribution >= 4 is 39.4 Å². The van der Waals surface area contributed by atoms with Crippen molar-refractivity contribution in [3.63, 3.8) is 0 Å². The number of rotatable bonds is 4. The predicted octanol–water partition coefficient (Wildman–Crippen LogP) is 3.03. The zero-order valence-corrected chi connectivity index (χ0v) is 12.9. The van der Waals surface area contributed by atoms with Gasteiger partial charge in [-0.15, -0.1) is 22.7 Å². The summed E-state index contributed by atoms with van der Waals surface area (Å²) >= 11 is 3.16. The first-order chi connectivity index (χ1) is 10.8. The Balaban J connectivity index is 1.44. The van der Waals surface area contributed by atoms with Gasteiger partial charge < -0.3 is 5.32 Å². The number of amides is 1. The number of nitrogens with one attached hydrogen (secondary N) is 2. The minimum Gasteiger partial charge on any atom is -0.309 e. The van der Waals surface area contributed by atoms with Crippen LogP contribution in [0, 0.1) is 0 Å². The molecule has 0 spiro atoms. The van der Waals surface area contributed by atoms with Crippen LogP contribution in [-0.2, 0) is 11.2 Å². The Hall–Kier alpha value is -2.45. The molecular formula is C14H11N5OS2. The Kier molecular flexibility index (Phi) is 3.24. The normalized spacial score (nSPS) is 11.1. The number of H-pyrrole nitrogens is 1. The lowest BCUT2D eigenvalue weighted by Gasteiger charge is -1.98. The molecule has 22 heavy (non-hydrogen) atoms. The third-order valence-corrected chi connectivity index (χ3v) is 4.79. The average Bonchev–Trinajstić information content (AvgIpc) is 3.22. The topological polar surface area (TPSA) is 75.1 Å². The second-order valence-electron chi connectivity index (χ2n) is 4.69. The minimum absolute atomic E-state index is 0.130. The van der Waals surface area contributed by atoms with Gasteiger partial charge in [0.05, 0.1) is 22.7 Å².